The number of carbonyl (C=O) groups excluding carboxylic acids is 1. The third kappa shape index (κ3) is 2.50. The van der Waals surface area contributed by atoms with Crippen molar-refractivity contribution in [2.24, 2.45) is 0 Å². The van der Waals surface area contributed by atoms with Crippen LogP contribution in [0.3, 0.4) is 0 Å². The van der Waals surface area contributed by atoms with E-state index in [0.29, 0.717) is 11.1 Å². The molecule has 0 atom stereocenters. The van der Waals surface area contributed by atoms with Gasteiger partial charge in [-0.05, 0) is 23.3 Å². The molecule has 3 aromatic rings. The number of pyridine rings is 1. The lowest BCUT2D eigenvalue weighted by Gasteiger charge is -2.04. The molecule has 0 saturated carbocycles. The predicted molar refractivity (Wildman–Crippen MR) is 79.5 cm³/mol. The van der Waals surface area contributed by atoms with Crippen molar-refractivity contribution in [1.29, 1.82) is 0 Å². The molecule has 0 spiro atoms. The Kier molecular flexibility index (Phi) is 3.38. The van der Waals surface area contributed by atoms with Crippen LogP contribution in [-0.4, -0.2) is 10.8 Å². The van der Waals surface area contributed by atoms with Crippen LogP contribution in [0.4, 0.5) is 0 Å². The van der Waals surface area contributed by atoms with Crippen molar-refractivity contribution < 1.29 is 4.79 Å². The van der Waals surface area contributed by atoms with Crippen molar-refractivity contribution in [3.8, 4) is 11.1 Å². The zero-order valence-electron chi connectivity index (χ0n) is 10.9. The van der Waals surface area contributed by atoms with E-state index in [1.54, 1.807) is 24.5 Å². The molecule has 96 valence electrons. The zero-order chi connectivity index (χ0) is 13.8. The SMILES string of the molecule is O=C(c1ccncc1)c1ccc(-c2ccccc2)cc1. The van der Waals surface area contributed by atoms with Crippen LogP contribution in [0.25, 0.3) is 11.1 Å². The number of aromatic nitrogens is 1. The molecule has 0 amide bonds. The first-order chi connectivity index (χ1) is 9.84. The second-order valence-corrected chi connectivity index (χ2v) is 4.51. The first kappa shape index (κ1) is 12.3. The fraction of sp³-hybridized carbons (Fsp3) is 0. The Balaban J connectivity index is 1.89. The molecule has 2 heteroatoms. The normalized spacial score (nSPS) is 10.2. The van der Waals surface area contributed by atoms with Crippen LogP contribution >= 0.6 is 0 Å². The maximum atomic E-state index is 12.3. The smallest absolute Gasteiger partial charge is 0.193 e. The fourth-order valence-electron chi connectivity index (χ4n) is 2.11. The molecule has 0 fully saturated rings. The van der Waals surface area contributed by atoms with Crippen molar-refractivity contribution in [1.82, 2.24) is 4.98 Å². The topological polar surface area (TPSA) is 30.0 Å². The summed E-state index contributed by atoms with van der Waals surface area (Å²) in [7, 11) is 0. The van der Waals surface area contributed by atoms with E-state index in [4.69, 9.17) is 0 Å². The molecule has 0 bridgehead atoms. The largest absolute Gasteiger partial charge is 0.289 e. The monoisotopic (exact) mass is 259 g/mol. The summed E-state index contributed by atoms with van der Waals surface area (Å²) in [5, 5.41) is 0. The van der Waals surface area contributed by atoms with E-state index in [1.807, 2.05) is 42.5 Å². The molecule has 0 N–H and O–H groups in total. The standard InChI is InChI=1S/C18H13NO/c20-18(17-10-12-19-13-11-17)16-8-6-15(7-9-16)14-4-2-1-3-5-14/h1-13H. The summed E-state index contributed by atoms with van der Waals surface area (Å²) in [6.45, 7) is 0. The second-order valence-electron chi connectivity index (χ2n) is 4.51. The van der Waals surface area contributed by atoms with Gasteiger partial charge >= 0.3 is 0 Å². The lowest BCUT2D eigenvalue weighted by Crippen LogP contribution is -2.00. The van der Waals surface area contributed by atoms with Crippen LogP contribution in [0.2, 0.25) is 0 Å². The first-order valence-corrected chi connectivity index (χ1v) is 6.45. The average molecular weight is 259 g/mol. The highest BCUT2D eigenvalue weighted by Gasteiger charge is 2.08. The van der Waals surface area contributed by atoms with E-state index in [9.17, 15) is 4.79 Å². The Morgan fingerprint density at radius 2 is 1.20 bits per heavy atom. The van der Waals surface area contributed by atoms with Gasteiger partial charge in [0.25, 0.3) is 0 Å². The highest BCUT2D eigenvalue weighted by Crippen LogP contribution is 2.20. The predicted octanol–water partition coefficient (Wildman–Crippen LogP) is 3.98. The number of nitrogens with zero attached hydrogens (tertiary/aromatic N) is 1. The van der Waals surface area contributed by atoms with E-state index < -0.39 is 0 Å². The third-order valence-electron chi connectivity index (χ3n) is 3.20. The molecule has 0 radical (unpaired) electrons. The van der Waals surface area contributed by atoms with E-state index in [0.717, 1.165) is 11.1 Å². The van der Waals surface area contributed by atoms with E-state index in [-0.39, 0.29) is 5.78 Å². The molecule has 0 aliphatic rings. The van der Waals surface area contributed by atoms with Crippen molar-refractivity contribution in [2.75, 3.05) is 0 Å². The molecule has 0 aliphatic heterocycles. The van der Waals surface area contributed by atoms with Crippen molar-refractivity contribution in [3.05, 3.63) is 90.3 Å². The maximum Gasteiger partial charge on any atom is 0.193 e. The molecule has 0 unspecified atom stereocenters. The number of carbonyl (C=O) groups is 1. The van der Waals surface area contributed by atoms with Crippen LogP contribution < -0.4 is 0 Å². The number of hydrogen-bond donors (Lipinski definition) is 0. The Morgan fingerprint density at radius 1 is 0.650 bits per heavy atom. The number of hydrogen-bond acceptors (Lipinski definition) is 2. The highest BCUT2D eigenvalue weighted by molar-refractivity contribution is 6.09. The van der Waals surface area contributed by atoms with Gasteiger partial charge in [0, 0.05) is 23.5 Å². The van der Waals surface area contributed by atoms with Crippen LogP contribution in [0.15, 0.2) is 79.1 Å². The van der Waals surface area contributed by atoms with Gasteiger partial charge in [-0.3, -0.25) is 9.78 Å². The van der Waals surface area contributed by atoms with Crippen molar-refractivity contribution in [2.45, 2.75) is 0 Å². The molecule has 0 aliphatic carbocycles. The molecular formula is C18H13NO. The summed E-state index contributed by atoms with van der Waals surface area (Å²) in [5.74, 6) is 0.0204. The fourth-order valence-corrected chi connectivity index (χ4v) is 2.11. The molecule has 1 heterocycles. The zero-order valence-corrected chi connectivity index (χ0v) is 10.9. The van der Waals surface area contributed by atoms with Crippen LogP contribution in [0.1, 0.15) is 15.9 Å². The van der Waals surface area contributed by atoms with Crippen LogP contribution in [0, 0.1) is 0 Å². The Labute approximate surface area is 117 Å². The molecular weight excluding hydrogens is 246 g/mol. The summed E-state index contributed by atoms with van der Waals surface area (Å²) >= 11 is 0. The van der Waals surface area contributed by atoms with Gasteiger partial charge in [0.1, 0.15) is 0 Å². The van der Waals surface area contributed by atoms with Gasteiger partial charge in [0.05, 0.1) is 0 Å². The third-order valence-corrected chi connectivity index (χ3v) is 3.20. The van der Waals surface area contributed by atoms with Gasteiger partial charge in [-0.1, -0.05) is 54.6 Å². The number of ketones is 1. The van der Waals surface area contributed by atoms with Gasteiger partial charge < -0.3 is 0 Å². The average Bonchev–Trinajstić information content (AvgIpc) is 2.56. The molecule has 1 aromatic heterocycles. The molecule has 0 saturated heterocycles. The summed E-state index contributed by atoms with van der Waals surface area (Å²) in [6.07, 6.45) is 3.26. The summed E-state index contributed by atoms with van der Waals surface area (Å²) in [6, 6.07) is 21.3. The van der Waals surface area contributed by atoms with Gasteiger partial charge in [0.2, 0.25) is 0 Å². The molecule has 2 nitrogen and oxygen atoms in total. The van der Waals surface area contributed by atoms with Crippen molar-refractivity contribution >= 4 is 5.78 Å². The summed E-state index contributed by atoms with van der Waals surface area (Å²) < 4.78 is 0. The quantitative estimate of drug-likeness (QED) is 0.666. The Hall–Kier alpha value is -2.74. The van der Waals surface area contributed by atoms with E-state index in [1.165, 1.54) is 0 Å². The minimum atomic E-state index is 0.0204. The molecule has 2 aromatic carbocycles. The van der Waals surface area contributed by atoms with Crippen LogP contribution in [0.5, 0.6) is 0 Å². The summed E-state index contributed by atoms with van der Waals surface area (Å²) in [5.41, 5.74) is 3.61. The van der Waals surface area contributed by atoms with Gasteiger partial charge in [0.15, 0.2) is 5.78 Å². The molecule has 3 rings (SSSR count). The van der Waals surface area contributed by atoms with Crippen molar-refractivity contribution in [3.63, 3.8) is 0 Å². The van der Waals surface area contributed by atoms with Crippen LogP contribution in [-0.2, 0) is 0 Å². The molecule has 20 heavy (non-hydrogen) atoms. The first-order valence-electron chi connectivity index (χ1n) is 6.45. The summed E-state index contributed by atoms with van der Waals surface area (Å²) in [4.78, 5) is 16.2. The van der Waals surface area contributed by atoms with Gasteiger partial charge in [-0.15, -0.1) is 0 Å². The van der Waals surface area contributed by atoms with E-state index >= 15 is 0 Å². The highest BCUT2D eigenvalue weighted by atomic mass is 16.1. The minimum absolute atomic E-state index is 0.0204. The Morgan fingerprint density at radius 3 is 1.85 bits per heavy atom. The lowest BCUT2D eigenvalue weighted by molar-refractivity contribution is 0.103. The van der Waals surface area contributed by atoms with Gasteiger partial charge in [-0.2, -0.15) is 0 Å². The maximum absolute atomic E-state index is 12.3. The van der Waals surface area contributed by atoms with E-state index in [2.05, 4.69) is 17.1 Å². The number of rotatable bonds is 3. The number of benzene rings is 2. The minimum Gasteiger partial charge on any atom is -0.289 e. The second kappa shape index (κ2) is 5.49. The van der Waals surface area contributed by atoms with Gasteiger partial charge in [-0.25, -0.2) is 0 Å². The Bertz CT molecular complexity index is 703. The lowest BCUT2D eigenvalue weighted by atomic mass is 10.00.